The molecule has 2 aromatic carbocycles. The van der Waals surface area contributed by atoms with E-state index in [9.17, 15) is 4.79 Å². The van der Waals surface area contributed by atoms with Crippen molar-refractivity contribution < 1.29 is 9.53 Å². The van der Waals surface area contributed by atoms with Crippen molar-refractivity contribution in [1.82, 2.24) is 0 Å². The predicted octanol–water partition coefficient (Wildman–Crippen LogP) is 4.38. The highest BCUT2D eigenvalue weighted by molar-refractivity contribution is 7.99. The first-order valence-corrected chi connectivity index (χ1v) is 8.36. The average Bonchev–Trinajstić information content (AvgIpc) is 2.56. The zero-order valence-corrected chi connectivity index (χ0v) is 13.8. The zero-order chi connectivity index (χ0) is 15.8. The Balaban J connectivity index is 1.80. The molecule has 0 radical (unpaired) electrons. The molecule has 0 aromatic heterocycles. The van der Waals surface area contributed by atoms with Crippen molar-refractivity contribution >= 4 is 23.4 Å². The number of anilines is 1. The Bertz CT molecular complexity index is 611. The molecule has 116 valence electrons. The number of methoxy groups -OCH3 is 1. The molecule has 0 aliphatic carbocycles. The van der Waals surface area contributed by atoms with Gasteiger partial charge in [0, 0.05) is 22.8 Å². The molecule has 1 amide bonds. The number of thioether (sulfide) groups is 1. The lowest BCUT2D eigenvalue weighted by Gasteiger charge is -2.09. The van der Waals surface area contributed by atoms with Gasteiger partial charge in [-0.15, -0.1) is 11.8 Å². The number of nitrogens with one attached hydrogen (secondary N) is 1. The molecule has 0 unspecified atom stereocenters. The normalized spacial score (nSPS) is 10.3. The number of rotatable bonds is 7. The first-order valence-electron chi connectivity index (χ1n) is 7.37. The van der Waals surface area contributed by atoms with Crippen molar-refractivity contribution in [3.63, 3.8) is 0 Å². The summed E-state index contributed by atoms with van der Waals surface area (Å²) in [5.74, 6) is 1.66. The molecule has 1 N–H and O–H groups in total. The Morgan fingerprint density at radius 1 is 1.14 bits per heavy atom. The highest BCUT2D eigenvalue weighted by Crippen LogP contribution is 2.22. The lowest BCUT2D eigenvalue weighted by atomic mass is 10.1. The van der Waals surface area contributed by atoms with Gasteiger partial charge in [0.25, 0.3) is 0 Å². The first-order chi connectivity index (χ1) is 10.7. The van der Waals surface area contributed by atoms with Crippen LogP contribution in [0.5, 0.6) is 5.75 Å². The van der Waals surface area contributed by atoms with Gasteiger partial charge in [-0.3, -0.25) is 4.79 Å². The first kappa shape index (κ1) is 16.4. The minimum Gasteiger partial charge on any atom is -0.497 e. The summed E-state index contributed by atoms with van der Waals surface area (Å²) in [6.45, 7) is 2.09. The van der Waals surface area contributed by atoms with E-state index >= 15 is 0 Å². The van der Waals surface area contributed by atoms with Crippen LogP contribution in [0.3, 0.4) is 0 Å². The molecule has 0 fully saturated rings. The quantitative estimate of drug-likeness (QED) is 0.771. The van der Waals surface area contributed by atoms with E-state index in [1.54, 1.807) is 18.9 Å². The third-order valence-corrected chi connectivity index (χ3v) is 4.34. The molecule has 0 saturated heterocycles. The van der Waals surface area contributed by atoms with Crippen LogP contribution in [0.4, 0.5) is 5.69 Å². The van der Waals surface area contributed by atoms with E-state index in [-0.39, 0.29) is 5.91 Å². The Morgan fingerprint density at radius 3 is 2.55 bits per heavy atom. The number of para-hydroxylation sites is 1. The molecule has 22 heavy (non-hydrogen) atoms. The number of carbonyl (C=O) groups excluding carboxylic acids is 1. The molecule has 0 spiro atoms. The van der Waals surface area contributed by atoms with E-state index in [0.29, 0.717) is 6.42 Å². The molecule has 0 saturated carbocycles. The molecule has 3 nitrogen and oxygen atoms in total. The van der Waals surface area contributed by atoms with E-state index in [1.807, 2.05) is 48.5 Å². The van der Waals surface area contributed by atoms with Gasteiger partial charge in [0.2, 0.25) is 5.91 Å². The second-order valence-corrected chi connectivity index (χ2v) is 6.00. The van der Waals surface area contributed by atoms with Gasteiger partial charge in [0.1, 0.15) is 5.75 Å². The van der Waals surface area contributed by atoms with Gasteiger partial charge in [0.05, 0.1) is 7.11 Å². The molecular weight excluding hydrogens is 294 g/mol. The van der Waals surface area contributed by atoms with Crippen LogP contribution in [-0.2, 0) is 11.2 Å². The van der Waals surface area contributed by atoms with Crippen LogP contribution in [0.25, 0.3) is 0 Å². The Labute approximate surface area is 136 Å². The second kappa shape index (κ2) is 8.49. The highest BCUT2D eigenvalue weighted by atomic mass is 32.2. The number of hydrogen-bond acceptors (Lipinski definition) is 3. The Morgan fingerprint density at radius 2 is 1.86 bits per heavy atom. The maximum atomic E-state index is 12.0. The number of benzene rings is 2. The van der Waals surface area contributed by atoms with Crippen LogP contribution in [0.1, 0.15) is 18.9 Å². The molecule has 2 aromatic rings. The van der Waals surface area contributed by atoms with Crippen LogP contribution in [0.15, 0.2) is 53.4 Å². The van der Waals surface area contributed by atoms with Gasteiger partial charge in [-0.05, 0) is 42.3 Å². The van der Waals surface area contributed by atoms with Crippen molar-refractivity contribution in [1.29, 1.82) is 0 Å². The summed E-state index contributed by atoms with van der Waals surface area (Å²) >= 11 is 1.67. The fourth-order valence-corrected chi connectivity index (χ4v) is 2.95. The van der Waals surface area contributed by atoms with E-state index < -0.39 is 0 Å². The minimum absolute atomic E-state index is 0.0573. The maximum absolute atomic E-state index is 12.0. The van der Waals surface area contributed by atoms with Crippen LogP contribution in [-0.4, -0.2) is 18.8 Å². The molecule has 0 aliphatic heterocycles. The Hall–Kier alpha value is -1.94. The lowest BCUT2D eigenvalue weighted by Crippen LogP contribution is -2.13. The van der Waals surface area contributed by atoms with E-state index in [2.05, 4.69) is 12.2 Å². The fraction of sp³-hybridized carbons (Fsp3) is 0.278. The van der Waals surface area contributed by atoms with Crippen molar-refractivity contribution in [2.75, 3.05) is 18.2 Å². The van der Waals surface area contributed by atoms with E-state index in [1.165, 1.54) is 5.56 Å². The Kier molecular flexibility index (Phi) is 6.34. The number of hydrogen-bond donors (Lipinski definition) is 1. The van der Waals surface area contributed by atoms with Crippen LogP contribution in [0.2, 0.25) is 0 Å². The van der Waals surface area contributed by atoms with E-state index in [4.69, 9.17) is 4.74 Å². The van der Waals surface area contributed by atoms with Crippen molar-refractivity contribution in [3.05, 3.63) is 54.1 Å². The highest BCUT2D eigenvalue weighted by Gasteiger charge is 2.06. The smallest absolute Gasteiger partial charge is 0.225 e. The van der Waals surface area contributed by atoms with Crippen molar-refractivity contribution in [3.8, 4) is 5.75 Å². The SMILES string of the molecule is CCc1ccccc1NC(=O)CCSc1ccc(OC)cc1. The summed E-state index contributed by atoms with van der Waals surface area (Å²) < 4.78 is 5.13. The minimum atomic E-state index is 0.0573. The fourth-order valence-electron chi connectivity index (χ4n) is 2.10. The summed E-state index contributed by atoms with van der Waals surface area (Å²) in [6, 6.07) is 15.8. The summed E-state index contributed by atoms with van der Waals surface area (Å²) in [4.78, 5) is 13.2. The van der Waals surface area contributed by atoms with Gasteiger partial charge in [-0.2, -0.15) is 0 Å². The summed E-state index contributed by atoms with van der Waals surface area (Å²) in [5, 5.41) is 2.99. The summed E-state index contributed by atoms with van der Waals surface area (Å²) in [7, 11) is 1.65. The molecule has 2 rings (SSSR count). The van der Waals surface area contributed by atoms with Crippen molar-refractivity contribution in [2.45, 2.75) is 24.7 Å². The molecule has 0 atom stereocenters. The predicted molar refractivity (Wildman–Crippen MR) is 92.8 cm³/mol. The van der Waals surface area contributed by atoms with E-state index in [0.717, 1.165) is 28.5 Å². The second-order valence-electron chi connectivity index (χ2n) is 4.83. The lowest BCUT2D eigenvalue weighted by molar-refractivity contribution is -0.115. The standard InChI is InChI=1S/C18H21NO2S/c1-3-14-6-4-5-7-17(14)19-18(20)12-13-22-16-10-8-15(21-2)9-11-16/h4-11H,3,12-13H2,1-2H3,(H,19,20). The van der Waals surface area contributed by atoms with Crippen LogP contribution >= 0.6 is 11.8 Å². The number of carbonyl (C=O) groups is 1. The zero-order valence-electron chi connectivity index (χ0n) is 13.0. The molecule has 0 heterocycles. The van der Waals surface area contributed by atoms with Gasteiger partial charge in [-0.1, -0.05) is 25.1 Å². The number of ether oxygens (including phenoxy) is 1. The van der Waals surface area contributed by atoms with Gasteiger partial charge < -0.3 is 10.1 Å². The monoisotopic (exact) mass is 315 g/mol. The van der Waals surface area contributed by atoms with Crippen LogP contribution in [0, 0.1) is 0 Å². The van der Waals surface area contributed by atoms with Gasteiger partial charge in [-0.25, -0.2) is 0 Å². The number of amides is 1. The third-order valence-electron chi connectivity index (χ3n) is 3.33. The third kappa shape index (κ3) is 4.81. The van der Waals surface area contributed by atoms with Crippen molar-refractivity contribution in [2.24, 2.45) is 0 Å². The topological polar surface area (TPSA) is 38.3 Å². The summed E-state index contributed by atoms with van der Waals surface area (Å²) in [5.41, 5.74) is 2.09. The largest absolute Gasteiger partial charge is 0.497 e. The molecule has 4 heteroatoms. The number of aryl methyl sites for hydroxylation is 1. The van der Waals surface area contributed by atoms with Crippen LogP contribution < -0.4 is 10.1 Å². The maximum Gasteiger partial charge on any atom is 0.225 e. The molecule has 0 bridgehead atoms. The average molecular weight is 315 g/mol. The molecular formula is C18H21NO2S. The van der Waals surface area contributed by atoms with Gasteiger partial charge >= 0.3 is 0 Å². The molecule has 0 aliphatic rings. The summed E-state index contributed by atoms with van der Waals surface area (Å²) in [6.07, 6.45) is 1.41. The van der Waals surface area contributed by atoms with Gasteiger partial charge in [0.15, 0.2) is 0 Å².